The molecule has 0 aromatic heterocycles. The van der Waals surface area contributed by atoms with E-state index in [0.29, 0.717) is 25.9 Å². The number of halogens is 3. The van der Waals surface area contributed by atoms with Crippen molar-refractivity contribution in [3.8, 4) is 0 Å². The molecule has 0 amide bonds. The maximum absolute atomic E-state index is 12.3. The summed E-state index contributed by atoms with van der Waals surface area (Å²) in [6, 6.07) is -0.210. The van der Waals surface area contributed by atoms with E-state index in [4.69, 9.17) is 0 Å². The number of nitrogens with zero attached hydrogens (tertiary/aromatic N) is 1. The lowest BCUT2D eigenvalue weighted by molar-refractivity contribution is -0.148. The van der Waals surface area contributed by atoms with Gasteiger partial charge in [-0.15, -0.1) is 0 Å². The number of piperidine rings is 1. The van der Waals surface area contributed by atoms with Crippen molar-refractivity contribution in [1.29, 1.82) is 0 Å². The van der Waals surface area contributed by atoms with Crippen LogP contribution in [-0.4, -0.2) is 50.9 Å². The Bertz CT molecular complexity index is 455. The maximum Gasteiger partial charge on any atom is 0.401 e. The van der Waals surface area contributed by atoms with Crippen molar-refractivity contribution >= 4 is 10.0 Å². The Balaban J connectivity index is 1.75. The first-order chi connectivity index (χ1) is 10.1. The Hall–Kier alpha value is -0.340. The Morgan fingerprint density at radius 1 is 1.18 bits per heavy atom. The highest BCUT2D eigenvalue weighted by atomic mass is 32.2. The van der Waals surface area contributed by atoms with Gasteiger partial charge in [-0.1, -0.05) is 6.42 Å². The first-order valence-corrected chi connectivity index (χ1v) is 9.59. The van der Waals surface area contributed by atoms with Crippen molar-refractivity contribution in [3.63, 3.8) is 0 Å². The monoisotopic (exact) mass is 342 g/mol. The first-order valence-electron chi connectivity index (χ1n) is 7.94. The summed E-state index contributed by atoms with van der Waals surface area (Å²) >= 11 is 0. The van der Waals surface area contributed by atoms with E-state index in [0.717, 1.165) is 19.3 Å². The molecule has 0 radical (unpaired) electrons. The summed E-state index contributed by atoms with van der Waals surface area (Å²) in [5, 5.41) is 0. The molecule has 1 N–H and O–H groups in total. The molecule has 0 aromatic carbocycles. The quantitative estimate of drug-likeness (QED) is 0.806. The average molecular weight is 342 g/mol. The third-order valence-electron chi connectivity index (χ3n) is 4.79. The van der Waals surface area contributed by atoms with E-state index in [1.807, 2.05) is 6.92 Å². The number of likely N-dealkylation sites (tertiary alicyclic amines) is 1. The zero-order valence-electron chi connectivity index (χ0n) is 12.9. The predicted octanol–water partition coefficient (Wildman–Crippen LogP) is 2.37. The van der Waals surface area contributed by atoms with Crippen LogP contribution in [0.5, 0.6) is 0 Å². The van der Waals surface area contributed by atoms with Crippen LogP contribution in [0.25, 0.3) is 0 Å². The van der Waals surface area contributed by atoms with E-state index in [-0.39, 0.29) is 23.6 Å². The number of sulfonamides is 1. The molecule has 1 saturated carbocycles. The zero-order chi connectivity index (χ0) is 16.4. The second kappa shape index (κ2) is 7.05. The summed E-state index contributed by atoms with van der Waals surface area (Å²) in [4.78, 5) is 1.39. The third kappa shape index (κ3) is 5.70. The van der Waals surface area contributed by atoms with Crippen LogP contribution in [0, 0.1) is 11.8 Å². The molecule has 2 rings (SSSR count). The van der Waals surface area contributed by atoms with Crippen LogP contribution in [0.1, 0.15) is 39.0 Å². The molecule has 2 fully saturated rings. The molecular formula is C14H25F3N2O2S. The SMILES string of the molecule is C[C@@H](NS(=O)(=O)CC1CCC1)C1CCN(CC(F)(F)F)CC1. The average Bonchev–Trinajstić information content (AvgIpc) is 2.32. The Morgan fingerprint density at radius 3 is 2.23 bits per heavy atom. The van der Waals surface area contributed by atoms with Crippen molar-refractivity contribution in [2.24, 2.45) is 11.8 Å². The van der Waals surface area contributed by atoms with Gasteiger partial charge in [0.05, 0.1) is 12.3 Å². The highest BCUT2D eigenvalue weighted by molar-refractivity contribution is 7.89. The van der Waals surface area contributed by atoms with E-state index in [1.54, 1.807) is 0 Å². The molecule has 130 valence electrons. The van der Waals surface area contributed by atoms with Gasteiger partial charge in [0.2, 0.25) is 10.0 Å². The Labute approximate surface area is 130 Å². The Kier molecular flexibility index (Phi) is 5.77. The lowest BCUT2D eigenvalue weighted by Gasteiger charge is -2.35. The number of nitrogens with one attached hydrogen (secondary N) is 1. The van der Waals surface area contributed by atoms with Gasteiger partial charge in [0, 0.05) is 6.04 Å². The van der Waals surface area contributed by atoms with Gasteiger partial charge in [0.25, 0.3) is 0 Å². The van der Waals surface area contributed by atoms with E-state index in [1.165, 1.54) is 4.90 Å². The summed E-state index contributed by atoms with van der Waals surface area (Å²) in [6.45, 7) is 1.70. The van der Waals surface area contributed by atoms with Gasteiger partial charge in [0.15, 0.2) is 0 Å². The topological polar surface area (TPSA) is 49.4 Å². The molecule has 1 aliphatic carbocycles. The van der Waals surface area contributed by atoms with Crippen LogP contribution < -0.4 is 4.72 Å². The largest absolute Gasteiger partial charge is 0.401 e. The minimum atomic E-state index is -4.16. The molecule has 1 heterocycles. The van der Waals surface area contributed by atoms with Crippen molar-refractivity contribution < 1.29 is 21.6 Å². The summed E-state index contributed by atoms with van der Waals surface area (Å²) in [6.07, 6.45) is 0.0961. The summed E-state index contributed by atoms with van der Waals surface area (Å²) < 4.78 is 63.9. The minimum absolute atomic E-state index is 0.112. The van der Waals surface area contributed by atoms with Gasteiger partial charge in [-0.3, -0.25) is 4.90 Å². The third-order valence-corrected chi connectivity index (χ3v) is 6.43. The maximum atomic E-state index is 12.3. The van der Waals surface area contributed by atoms with E-state index >= 15 is 0 Å². The van der Waals surface area contributed by atoms with E-state index in [9.17, 15) is 21.6 Å². The van der Waals surface area contributed by atoms with Crippen LogP contribution in [0.15, 0.2) is 0 Å². The summed E-state index contributed by atoms with van der Waals surface area (Å²) in [5.74, 6) is 0.573. The van der Waals surface area contributed by atoms with Crippen LogP contribution in [-0.2, 0) is 10.0 Å². The molecule has 1 saturated heterocycles. The molecular weight excluding hydrogens is 317 g/mol. The first kappa shape index (κ1) is 18.0. The van der Waals surface area contributed by atoms with Crippen molar-refractivity contribution in [1.82, 2.24) is 9.62 Å². The molecule has 0 unspecified atom stereocenters. The number of alkyl halides is 3. The number of rotatable bonds is 6. The second-order valence-corrected chi connectivity index (χ2v) is 8.51. The molecule has 0 bridgehead atoms. The lowest BCUT2D eigenvalue weighted by Crippen LogP contribution is -2.47. The fourth-order valence-corrected chi connectivity index (χ4v) is 5.07. The van der Waals surface area contributed by atoms with Gasteiger partial charge in [0.1, 0.15) is 0 Å². The van der Waals surface area contributed by atoms with Crippen molar-refractivity contribution in [2.45, 2.75) is 51.2 Å². The highest BCUT2D eigenvalue weighted by Crippen LogP contribution is 2.28. The van der Waals surface area contributed by atoms with Gasteiger partial charge in [-0.05, 0) is 57.5 Å². The van der Waals surface area contributed by atoms with Gasteiger partial charge >= 0.3 is 6.18 Å². The number of hydrogen-bond donors (Lipinski definition) is 1. The highest BCUT2D eigenvalue weighted by Gasteiger charge is 2.34. The fraction of sp³-hybridized carbons (Fsp3) is 1.00. The zero-order valence-corrected chi connectivity index (χ0v) is 13.7. The molecule has 4 nitrogen and oxygen atoms in total. The minimum Gasteiger partial charge on any atom is -0.295 e. The molecule has 22 heavy (non-hydrogen) atoms. The second-order valence-electron chi connectivity index (χ2n) is 6.71. The lowest BCUT2D eigenvalue weighted by atomic mass is 9.87. The summed E-state index contributed by atoms with van der Waals surface area (Å²) in [7, 11) is -3.28. The van der Waals surface area contributed by atoms with Crippen molar-refractivity contribution in [3.05, 3.63) is 0 Å². The van der Waals surface area contributed by atoms with Crippen LogP contribution >= 0.6 is 0 Å². The van der Waals surface area contributed by atoms with Gasteiger partial charge in [-0.2, -0.15) is 13.2 Å². The molecule has 0 aromatic rings. The smallest absolute Gasteiger partial charge is 0.295 e. The van der Waals surface area contributed by atoms with Crippen LogP contribution in [0.3, 0.4) is 0 Å². The molecule has 1 atom stereocenters. The molecule has 1 aliphatic heterocycles. The molecule has 0 spiro atoms. The normalized spacial score (nSPS) is 24.2. The van der Waals surface area contributed by atoms with Gasteiger partial charge < -0.3 is 0 Å². The molecule has 8 heteroatoms. The van der Waals surface area contributed by atoms with Gasteiger partial charge in [-0.25, -0.2) is 13.1 Å². The predicted molar refractivity (Wildman–Crippen MR) is 78.9 cm³/mol. The fourth-order valence-electron chi connectivity index (χ4n) is 3.26. The summed E-state index contributed by atoms with van der Waals surface area (Å²) in [5.41, 5.74) is 0. The Morgan fingerprint density at radius 2 is 1.77 bits per heavy atom. The van der Waals surface area contributed by atoms with Crippen LogP contribution in [0.2, 0.25) is 0 Å². The van der Waals surface area contributed by atoms with Crippen LogP contribution in [0.4, 0.5) is 13.2 Å². The number of hydrogen-bond acceptors (Lipinski definition) is 3. The standard InChI is InChI=1S/C14H25F3N2O2S/c1-11(18-22(20,21)9-12-3-2-4-12)13-5-7-19(8-6-13)10-14(15,16)17/h11-13,18H,2-10H2,1H3/t11-/m1/s1. The van der Waals surface area contributed by atoms with Crippen molar-refractivity contribution in [2.75, 3.05) is 25.4 Å². The van der Waals surface area contributed by atoms with E-state index in [2.05, 4.69) is 4.72 Å². The molecule has 2 aliphatic rings. The van der Waals surface area contributed by atoms with E-state index < -0.39 is 22.7 Å².